The second-order valence-electron chi connectivity index (χ2n) is 9.56. The average molecular weight is 547 g/mol. The first kappa shape index (κ1) is 27.5. The Hall–Kier alpha value is -3.53. The van der Waals surface area contributed by atoms with Crippen LogP contribution in [-0.2, 0) is 9.53 Å². The topological polar surface area (TPSA) is 82.5 Å². The van der Waals surface area contributed by atoms with Crippen molar-refractivity contribution in [3.63, 3.8) is 0 Å². The highest BCUT2D eigenvalue weighted by molar-refractivity contribution is 6.30. The molecule has 2 aromatic rings. The molecule has 0 spiro atoms. The minimum Gasteiger partial charge on any atom is -0.462 e. The first-order chi connectivity index (χ1) is 18.1. The van der Waals surface area contributed by atoms with Crippen molar-refractivity contribution in [2.24, 2.45) is 10.9 Å². The minimum absolute atomic E-state index is 0.0162. The Labute approximate surface area is 224 Å². The van der Waals surface area contributed by atoms with E-state index in [0.717, 1.165) is 12.1 Å². The van der Waals surface area contributed by atoms with Crippen LogP contribution >= 0.6 is 11.6 Å². The van der Waals surface area contributed by atoms with Gasteiger partial charge in [-0.25, -0.2) is 23.4 Å². The average Bonchev–Trinajstić information content (AvgIpc) is 3.19. The molecular weight excluding hydrogens is 518 g/mol. The zero-order valence-corrected chi connectivity index (χ0v) is 22.1. The number of hydrogen-bond acceptors (Lipinski definition) is 4. The molecule has 4 rings (SSSR count). The molecular formula is C27H29ClF2N4O4. The Balaban J connectivity index is 1.51. The van der Waals surface area contributed by atoms with Gasteiger partial charge in [-0.1, -0.05) is 23.7 Å². The van der Waals surface area contributed by atoms with Gasteiger partial charge in [-0.15, -0.1) is 0 Å². The number of rotatable bonds is 8. The number of amides is 4. The van der Waals surface area contributed by atoms with Crippen molar-refractivity contribution in [3.8, 4) is 0 Å². The lowest BCUT2D eigenvalue weighted by molar-refractivity contribution is -0.151. The van der Waals surface area contributed by atoms with Gasteiger partial charge in [0, 0.05) is 43.0 Å². The standard InChI is InChI=1S/C27H29ClF2N4O4/c1-16(2)38-25(35)23-17(3)31-26(36)34(24(23)18-6-4-7-19(28)14-18)11-5-10-32-12-13-33(27(32)37)22-9-8-20(29)15-21(22)30/h4,6-9,14-16,23-24H,5,10-13H2,1-3H3. The third-order valence-corrected chi connectivity index (χ3v) is 6.77. The van der Waals surface area contributed by atoms with Gasteiger partial charge >= 0.3 is 18.0 Å². The molecule has 2 aromatic carbocycles. The first-order valence-corrected chi connectivity index (χ1v) is 12.8. The number of urea groups is 2. The number of aliphatic imine (C=N–C) groups is 1. The summed E-state index contributed by atoms with van der Waals surface area (Å²) >= 11 is 6.24. The third kappa shape index (κ3) is 5.80. The molecule has 0 aromatic heterocycles. The quantitative estimate of drug-likeness (QED) is 0.412. The molecule has 11 heteroatoms. The normalized spacial score (nSPS) is 19.9. The van der Waals surface area contributed by atoms with Gasteiger partial charge in [-0.3, -0.25) is 9.69 Å². The van der Waals surface area contributed by atoms with Crippen LogP contribution in [0.15, 0.2) is 47.5 Å². The van der Waals surface area contributed by atoms with E-state index < -0.39 is 41.6 Å². The molecule has 1 fully saturated rings. The van der Waals surface area contributed by atoms with Crippen molar-refractivity contribution >= 4 is 41.0 Å². The molecule has 2 unspecified atom stereocenters. The summed E-state index contributed by atoms with van der Waals surface area (Å²) in [5, 5.41) is 0.460. The molecule has 4 amide bonds. The lowest BCUT2D eigenvalue weighted by Gasteiger charge is -2.39. The number of nitrogens with zero attached hydrogens (tertiary/aromatic N) is 4. The fourth-order valence-electron chi connectivity index (χ4n) is 4.86. The third-order valence-electron chi connectivity index (χ3n) is 6.54. The Morgan fingerprint density at radius 3 is 2.58 bits per heavy atom. The van der Waals surface area contributed by atoms with Gasteiger partial charge in [0.25, 0.3) is 0 Å². The van der Waals surface area contributed by atoms with Gasteiger partial charge < -0.3 is 14.5 Å². The highest BCUT2D eigenvalue weighted by Crippen LogP contribution is 2.36. The van der Waals surface area contributed by atoms with Crippen LogP contribution in [-0.4, -0.2) is 65.8 Å². The fourth-order valence-corrected chi connectivity index (χ4v) is 5.06. The van der Waals surface area contributed by atoms with Gasteiger partial charge in [-0.2, -0.15) is 0 Å². The molecule has 1 saturated heterocycles. The summed E-state index contributed by atoms with van der Waals surface area (Å²) in [4.78, 5) is 47.5. The van der Waals surface area contributed by atoms with E-state index in [1.54, 1.807) is 49.9 Å². The van der Waals surface area contributed by atoms with Crippen LogP contribution in [0.2, 0.25) is 5.02 Å². The number of esters is 1. The number of carbonyl (C=O) groups excluding carboxylic acids is 3. The monoisotopic (exact) mass is 546 g/mol. The molecule has 0 radical (unpaired) electrons. The van der Waals surface area contributed by atoms with E-state index in [-0.39, 0.29) is 31.4 Å². The summed E-state index contributed by atoms with van der Waals surface area (Å²) in [6.07, 6.45) is 0.0332. The fraction of sp³-hybridized carbons (Fsp3) is 0.407. The van der Waals surface area contributed by atoms with E-state index in [4.69, 9.17) is 16.3 Å². The van der Waals surface area contributed by atoms with Crippen LogP contribution in [0.3, 0.4) is 0 Å². The maximum Gasteiger partial charge on any atom is 0.344 e. The number of hydrogen-bond donors (Lipinski definition) is 0. The van der Waals surface area contributed by atoms with Crippen molar-refractivity contribution in [2.45, 2.75) is 39.3 Å². The highest BCUT2D eigenvalue weighted by Gasteiger charge is 2.43. The van der Waals surface area contributed by atoms with Gasteiger partial charge in [0.1, 0.15) is 17.6 Å². The molecule has 38 heavy (non-hydrogen) atoms. The lowest BCUT2D eigenvalue weighted by atomic mass is 9.86. The summed E-state index contributed by atoms with van der Waals surface area (Å²) in [5.41, 5.74) is 1.04. The molecule has 8 nitrogen and oxygen atoms in total. The summed E-state index contributed by atoms with van der Waals surface area (Å²) < 4.78 is 33.0. The van der Waals surface area contributed by atoms with Gasteiger partial charge in [-0.05, 0) is 57.0 Å². The number of ether oxygens (including phenoxy) is 1. The van der Waals surface area contributed by atoms with E-state index in [1.165, 1.54) is 15.9 Å². The van der Waals surface area contributed by atoms with Crippen molar-refractivity contribution in [3.05, 3.63) is 64.7 Å². The van der Waals surface area contributed by atoms with Gasteiger partial charge in [0.2, 0.25) is 0 Å². The van der Waals surface area contributed by atoms with Crippen molar-refractivity contribution < 1.29 is 27.9 Å². The van der Waals surface area contributed by atoms with E-state index in [0.29, 0.717) is 29.3 Å². The maximum absolute atomic E-state index is 14.2. The van der Waals surface area contributed by atoms with Gasteiger partial charge in [0.05, 0.1) is 17.8 Å². The SMILES string of the molecule is CC1=NC(=O)N(CCCN2CCN(c3ccc(F)cc3F)C2=O)C(c2cccc(Cl)c2)C1C(=O)OC(C)C. The lowest BCUT2D eigenvalue weighted by Crippen LogP contribution is -2.48. The zero-order valence-electron chi connectivity index (χ0n) is 21.4. The van der Waals surface area contributed by atoms with Crippen LogP contribution in [0, 0.1) is 17.6 Å². The Morgan fingerprint density at radius 2 is 1.89 bits per heavy atom. The number of anilines is 1. The van der Waals surface area contributed by atoms with Gasteiger partial charge in [0.15, 0.2) is 0 Å². The van der Waals surface area contributed by atoms with Crippen LogP contribution in [0.25, 0.3) is 0 Å². The van der Waals surface area contributed by atoms with Crippen LogP contribution < -0.4 is 4.90 Å². The Kier molecular flexibility index (Phi) is 8.30. The van der Waals surface area contributed by atoms with E-state index in [1.807, 2.05) is 0 Å². The Morgan fingerprint density at radius 1 is 1.13 bits per heavy atom. The second-order valence-corrected chi connectivity index (χ2v) is 10.00. The zero-order chi connectivity index (χ0) is 27.6. The molecule has 0 aliphatic carbocycles. The Bertz CT molecular complexity index is 1270. The summed E-state index contributed by atoms with van der Waals surface area (Å²) in [6.45, 7) is 6.22. The molecule has 2 aliphatic heterocycles. The summed E-state index contributed by atoms with van der Waals surface area (Å²) in [5.74, 6) is -2.84. The van der Waals surface area contributed by atoms with Crippen LogP contribution in [0.4, 0.5) is 24.1 Å². The maximum atomic E-state index is 14.2. The molecule has 202 valence electrons. The first-order valence-electron chi connectivity index (χ1n) is 12.4. The van der Waals surface area contributed by atoms with E-state index in [2.05, 4.69) is 4.99 Å². The van der Waals surface area contributed by atoms with E-state index in [9.17, 15) is 23.2 Å². The number of carbonyl (C=O) groups is 3. The molecule has 0 saturated carbocycles. The predicted octanol–water partition coefficient (Wildman–Crippen LogP) is 5.46. The molecule has 2 atom stereocenters. The van der Waals surface area contributed by atoms with Crippen molar-refractivity contribution in [2.75, 3.05) is 31.1 Å². The number of halogens is 3. The van der Waals surface area contributed by atoms with Crippen LogP contribution in [0.1, 0.15) is 38.8 Å². The second kappa shape index (κ2) is 11.5. The minimum atomic E-state index is -0.820. The summed E-state index contributed by atoms with van der Waals surface area (Å²) in [6, 6.07) is 8.46. The summed E-state index contributed by atoms with van der Waals surface area (Å²) in [7, 11) is 0. The highest BCUT2D eigenvalue weighted by atomic mass is 35.5. The number of benzene rings is 2. The molecule has 0 bridgehead atoms. The smallest absolute Gasteiger partial charge is 0.344 e. The van der Waals surface area contributed by atoms with Crippen molar-refractivity contribution in [1.82, 2.24) is 9.80 Å². The van der Waals surface area contributed by atoms with Crippen LogP contribution in [0.5, 0.6) is 0 Å². The van der Waals surface area contributed by atoms with E-state index >= 15 is 0 Å². The van der Waals surface area contributed by atoms with Crippen molar-refractivity contribution in [1.29, 1.82) is 0 Å². The molecule has 2 heterocycles. The molecule has 2 aliphatic rings. The largest absolute Gasteiger partial charge is 0.462 e. The predicted molar refractivity (Wildman–Crippen MR) is 139 cm³/mol. The molecule has 0 N–H and O–H groups in total.